The Kier molecular flexibility index (Phi) is 6.90. The van der Waals surface area contributed by atoms with Crippen LogP contribution in [0, 0.1) is 0 Å². The molecule has 0 radical (unpaired) electrons. The highest BCUT2D eigenvalue weighted by atomic mass is 16.5. The second-order valence-corrected chi connectivity index (χ2v) is 4.32. The molecule has 0 aliphatic heterocycles. The van der Waals surface area contributed by atoms with Gasteiger partial charge < -0.3 is 10.1 Å². The van der Waals surface area contributed by atoms with Gasteiger partial charge in [0.1, 0.15) is 0 Å². The molecule has 0 aromatic heterocycles. The molecular weight excluding hydrogens is 210 g/mol. The molecule has 1 N–H and O–H groups in total. The van der Waals surface area contributed by atoms with Crippen LogP contribution in [-0.4, -0.2) is 25.8 Å². The molecule has 0 heterocycles. The van der Waals surface area contributed by atoms with Crippen molar-refractivity contribution in [1.82, 2.24) is 5.32 Å². The van der Waals surface area contributed by atoms with Crippen molar-refractivity contribution in [3.05, 3.63) is 35.9 Å². The fraction of sp³-hybridized carbons (Fsp3) is 0.600. The van der Waals surface area contributed by atoms with E-state index in [4.69, 9.17) is 4.74 Å². The minimum absolute atomic E-state index is 0.328. The lowest BCUT2D eigenvalue weighted by molar-refractivity contribution is 0.0317. The Morgan fingerprint density at radius 2 is 1.88 bits per heavy atom. The van der Waals surface area contributed by atoms with E-state index >= 15 is 0 Å². The zero-order valence-electron chi connectivity index (χ0n) is 11.3. The summed E-state index contributed by atoms with van der Waals surface area (Å²) in [5.74, 6) is 0. The molecule has 0 saturated heterocycles. The van der Waals surface area contributed by atoms with E-state index in [2.05, 4.69) is 49.5 Å². The summed E-state index contributed by atoms with van der Waals surface area (Å²) >= 11 is 0. The predicted octanol–water partition coefficient (Wildman–Crippen LogP) is 3.02. The number of nitrogens with one attached hydrogen (secondary N) is 1. The van der Waals surface area contributed by atoms with Gasteiger partial charge in [-0.3, -0.25) is 0 Å². The van der Waals surface area contributed by atoms with Crippen molar-refractivity contribution in [1.29, 1.82) is 0 Å². The maximum absolute atomic E-state index is 5.77. The van der Waals surface area contributed by atoms with Gasteiger partial charge in [-0.1, -0.05) is 37.3 Å². The van der Waals surface area contributed by atoms with E-state index in [9.17, 15) is 0 Å². The molecule has 2 heteroatoms. The molecule has 0 spiro atoms. The van der Waals surface area contributed by atoms with Gasteiger partial charge in [-0.15, -0.1) is 0 Å². The molecule has 2 nitrogen and oxygen atoms in total. The van der Waals surface area contributed by atoms with Gasteiger partial charge in [0.05, 0.1) is 6.10 Å². The Morgan fingerprint density at radius 1 is 1.18 bits per heavy atom. The molecule has 0 aliphatic rings. The van der Waals surface area contributed by atoms with Crippen molar-refractivity contribution >= 4 is 0 Å². The van der Waals surface area contributed by atoms with E-state index < -0.39 is 0 Å². The highest BCUT2D eigenvalue weighted by Crippen LogP contribution is 2.12. The summed E-state index contributed by atoms with van der Waals surface area (Å²) in [5, 5.41) is 3.38. The average molecular weight is 235 g/mol. The van der Waals surface area contributed by atoms with Gasteiger partial charge in [-0.25, -0.2) is 0 Å². The van der Waals surface area contributed by atoms with Crippen molar-refractivity contribution in [2.75, 3.05) is 13.7 Å². The molecule has 0 bridgehead atoms. The lowest BCUT2D eigenvalue weighted by Gasteiger charge is -2.25. The zero-order chi connectivity index (χ0) is 12.5. The van der Waals surface area contributed by atoms with Gasteiger partial charge >= 0.3 is 0 Å². The number of rotatable bonds is 8. The van der Waals surface area contributed by atoms with Crippen LogP contribution >= 0.6 is 0 Å². The second-order valence-electron chi connectivity index (χ2n) is 4.32. The van der Waals surface area contributed by atoms with Crippen molar-refractivity contribution in [3.8, 4) is 0 Å². The monoisotopic (exact) mass is 235 g/mol. The number of benzene rings is 1. The Morgan fingerprint density at radius 3 is 2.41 bits per heavy atom. The summed E-state index contributed by atoms with van der Waals surface area (Å²) in [5.41, 5.74) is 1.40. The molecule has 0 fully saturated rings. The van der Waals surface area contributed by atoms with Crippen molar-refractivity contribution < 1.29 is 4.74 Å². The van der Waals surface area contributed by atoms with Gasteiger partial charge in [0.25, 0.3) is 0 Å². The van der Waals surface area contributed by atoms with E-state index in [1.807, 2.05) is 7.05 Å². The van der Waals surface area contributed by atoms with Gasteiger partial charge in [0.15, 0.2) is 0 Å². The molecule has 0 amide bonds. The van der Waals surface area contributed by atoms with E-state index in [0.717, 1.165) is 25.9 Å². The molecule has 0 aliphatic carbocycles. The fourth-order valence-corrected chi connectivity index (χ4v) is 2.22. The maximum atomic E-state index is 5.77. The lowest BCUT2D eigenvalue weighted by atomic mass is 10.00. The van der Waals surface area contributed by atoms with Crippen molar-refractivity contribution in [3.63, 3.8) is 0 Å². The number of ether oxygens (including phenoxy) is 1. The van der Waals surface area contributed by atoms with Gasteiger partial charge in [0, 0.05) is 12.6 Å². The number of likely N-dealkylation sites (N-methyl/N-ethyl adjacent to an activating group) is 1. The minimum Gasteiger partial charge on any atom is -0.377 e. The first-order valence-electron chi connectivity index (χ1n) is 6.64. The fourth-order valence-electron chi connectivity index (χ4n) is 2.22. The molecule has 96 valence electrons. The summed E-state index contributed by atoms with van der Waals surface area (Å²) in [7, 11) is 2.03. The van der Waals surface area contributed by atoms with Crippen LogP contribution in [0.2, 0.25) is 0 Å². The smallest absolute Gasteiger partial charge is 0.0725 e. The van der Waals surface area contributed by atoms with E-state index in [0.29, 0.717) is 12.1 Å². The summed E-state index contributed by atoms with van der Waals surface area (Å²) in [6.45, 7) is 5.04. The third kappa shape index (κ3) is 4.88. The van der Waals surface area contributed by atoms with Crippen molar-refractivity contribution in [2.45, 2.75) is 45.3 Å². The Hall–Kier alpha value is -0.860. The number of aryl methyl sites for hydroxylation is 1. The largest absolute Gasteiger partial charge is 0.377 e. The molecule has 1 rings (SSSR count). The Bertz CT molecular complexity index is 286. The zero-order valence-corrected chi connectivity index (χ0v) is 11.3. The highest BCUT2D eigenvalue weighted by molar-refractivity contribution is 5.14. The molecule has 1 aromatic rings. The topological polar surface area (TPSA) is 21.3 Å². The molecular formula is C15H25NO. The van der Waals surface area contributed by atoms with E-state index in [1.165, 1.54) is 5.56 Å². The van der Waals surface area contributed by atoms with Crippen LogP contribution < -0.4 is 5.32 Å². The molecule has 2 unspecified atom stereocenters. The third-order valence-electron chi connectivity index (χ3n) is 3.19. The van der Waals surface area contributed by atoms with E-state index in [-0.39, 0.29) is 0 Å². The van der Waals surface area contributed by atoms with Crippen LogP contribution in [0.25, 0.3) is 0 Å². The quantitative estimate of drug-likeness (QED) is 0.748. The summed E-state index contributed by atoms with van der Waals surface area (Å²) in [6.07, 6.45) is 3.62. The van der Waals surface area contributed by atoms with Crippen LogP contribution in [0.3, 0.4) is 0 Å². The van der Waals surface area contributed by atoms with Crippen LogP contribution in [0.15, 0.2) is 30.3 Å². The molecule has 1 aromatic carbocycles. The number of hydrogen-bond donors (Lipinski definition) is 1. The first kappa shape index (κ1) is 14.2. The standard InChI is InChI=1S/C15H25NO/c1-4-15(17-5-2)14(16-3)12-11-13-9-7-6-8-10-13/h6-10,14-16H,4-5,11-12H2,1-3H3. The molecule has 2 atom stereocenters. The van der Waals surface area contributed by atoms with Crippen LogP contribution in [0.1, 0.15) is 32.3 Å². The van der Waals surface area contributed by atoms with Crippen LogP contribution in [0.4, 0.5) is 0 Å². The number of hydrogen-bond acceptors (Lipinski definition) is 2. The predicted molar refractivity (Wildman–Crippen MR) is 73.3 cm³/mol. The highest BCUT2D eigenvalue weighted by Gasteiger charge is 2.17. The summed E-state index contributed by atoms with van der Waals surface area (Å²) < 4.78 is 5.77. The second kappa shape index (κ2) is 8.26. The van der Waals surface area contributed by atoms with Crippen LogP contribution in [-0.2, 0) is 11.2 Å². The van der Waals surface area contributed by atoms with Crippen LogP contribution in [0.5, 0.6) is 0 Å². The van der Waals surface area contributed by atoms with E-state index in [1.54, 1.807) is 0 Å². The normalized spacial score (nSPS) is 14.5. The van der Waals surface area contributed by atoms with Crippen molar-refractivity contribution in [2.24, 2.45) is 0 Å². The SMILES string of the molecule is CCOC(CC)C(CCc1ccccc1)NC. The summed E-state index contributed by atoms with van der Waals surface area (Å²) in [4.78, 5) is 0. The third-order valence-corrected chi connectivity index (χ3v) is 3.19. The maximum Gasteiger partial charge on any atom is 0.0725 e. The Balaban J connectivity index is 2.46. The molecule has 0 saturated carbocycles. The van der Waals surface area contributed by atoms with Gasteiger partial charge in [-0.2, -0.15) is 0 Å². The average Bonchev–Trinajstić information content (AvgIpc) is 2.39. The first-order valence-corrected chi connectivity index (χ1v) is 6.64. The summed E-state index contributed by atoms with van der Waals surface area (Å²) in [6, 6.07) is 11.1. The van der Waals surface area contributed by atoms with Gasteiger partial charge in [0.2, 0.25) is 0 Å². The first-order chi connectivity index (χ1) is 8.31. The minimum atomic E-state index is 0.328. The lowest BCUT2D eigenvalue weighted by Crippen LogP contribution is -2.39. The van der Waals surface area contributed by atoms with Gasteiger partial charge in [-0.05, 0) is 38.8 Å². The molecule has 17 heavy (non-hydrogen) atoms. The Labute approximate surface area is 105 Å².